The van der Waals surface area contributed by atoms with Crippen LogP contribution in [0.5, 0.6) is 0 Å². The molecule has 2 rings (SSSR count). The van der Waals surface area contributed by atoms with Gasteiger partial charge < -0.3 is 10.2 Å². The molecule has 1 heterocycles. The van der Waals surface area contributed by atoms with Crippen LogP contribution in [0.2, 0.25) is 0 Å². The fourth-order valence-corrected chi connectivity index (χ4v) is 1.42. The fraction of sp³-hybridized carbons (Fsp3) is 0.667. The van der Waals surface area contributed by atoms with E-state index in [0.29, 0.717) is 18.2 Å². The lowest BCUT2D eigenvalue weighted by molar-refractivity contribution is -0.116. The number of hydrogen-bond donors (Lipinski definition) is 2. The summed E-state index contributed by atoms with van der Waals surface area (Å²) >= 11 is 0. The Morgan fingerprint density at radius 1 is 1.67 bits per heavy atom. The number of nitrogens with one attached hydrogen (secondary N) is 1. The van der Waals surface area contributed by atoms with Crippen molar-refractivity contribution in [2.24, 2.45) is 11.7 Å². The summed E-state index contributed by atoms with van der Waals surface area (Å²) in [6, 6.07) is 0.0921. The first-order valence-electron chi connectivity index (χ1n) is 5.00. The average Bonchev–Trinajstić information content (AvgIpc) is 2.92. The standard InChI is InChI=1S/C9H14N4O2/c1-5-12-13-9(15-5)11-8(14)4-7(10)6-2-3-6/h6-7H,2-4,10H2,1H3,(H,11,13,14). The van der Waals surface area contributed by atoms with Gasteiger partial charge in [0.2, 0.25) is 11.8 Å². The van der Waals surface area contributed by atoms with Crippen LogP contribution in [0, 0.1) is 12.8 Å². The number of amides is 1. The SMILES string of the molecule is Cc1nnc(NC(=O)CC(N)C2CC2)o1. The summed E-state index contributed by atoms with van der Waals surface area (Å²) in [5, 5.41) is 9.78. The highest BCUT2D eigenvalue weighted by atomic mass is 16.4. The van der Waals surface area contributed by atoms with E-state index in [1.54, 1.807) is 6.92 Å². The Balaban J connectivity index is 1.81. The van der Waals surface area contributed by atoms with E-state index in [-0.39, 0.29) is 18.0 Å². The van der Waals surface area contributed by atoms with Gasteiger partial charge in [0.05, 0.1) is 0 Å². The molecule has 0 bridgehead atoms. The molecule has 0 saturated heterocycles. The summed E-state index contributed by atoms with van der Waals surface area (Å²) in [6.45, 7) is 1.67. The lowest BCUT2D eigenvalue weighted by atomic mass is 10.1. The molecule has 1 fully saturated rings. The van der Waals surface area contributed by atoms with Crippen molar-refractivity contribution in [3.05, 3.63) is 5.89 Å². The average molecular weight is 210 g/mol. The van der Waals surface area contributed by atoms with Gasteiger partial charge in [-0.2, -0.15) is 0 Å². The molecule has 1 amide bonds. The highest BCUT2D eigenvalue weighted by Crippen LogP contribution is 2.32. The molecule has 82 valence electrons. The number of anilines is 1. The van der Waals surface area contributed by atoms with Gasteiger partial charge in [0, 0.05) is 19.4 Å². The first kappa shape index (κ1) is 10.1. The van der Waals surface area contributed by atoms with Crippen molar-refractivity contribution in [2.45, 2.75) is 32.2 Å². The van der Waals surface area contributed by atoms with Gasteiger partial charge in [-0.3, -0.25) is 10.1 Å². The molecule has 1 atom stereocenters. The molecular weight excluding hydrogens is 196 g/mol. The Morgan fingerprint density at radius 3 is 2.93 bits per heavy atom. The number of rotatable bonds is 4. The molecule has 6 heteroatoms. The highest BCUT2D eigenvalue weighted by Gasteiger charge is 2.30. The van der Waals surface area contributed by atoms with Crippen molar-refractivity contribution in [1.29, 1.82) is 0 Å². The second-order valence-electron chi connectivity index (χ2n) is 3.88. The largest absolute Gasteiger partial charge is 0.408 e. The van der Waals surface area contributed by atoms with Crippen LogP contribution in [-0.2, 0) is 4.79 Å². The first-order chi connectivity index (χ1) is 7.15. The van der Waals surface area contributed by atoms with Crippen molar-refractivity contribution >= 4 is 11.9 Å². The van der Waals surface area contributed by atoms with Gasteiger partial charge in [-0.05, 0) is 18.8 Å². The van der Waals surface area contributed by atoms with Crippen molar-refractivity contribution in [3.63, 3.8) is 0 Å². The Morgan fingerprint density at radius 2 is 2.40 bits per heavy atom. The molecule has 0 spiro atoms. The molecule has 1 unspecified atom stereocenters. The van der Waals surface area contributed by atoms with E-state index in [4.69, 9.17) is 10.2 Å². The molecule has 0 aliphatic heterocycles. The van der Waals surface area contributed by atoms with E-state index >= 15 is 0 Å². The zero-order valence-electron chi connectivity index (χ0n) is 8.56. The smallest absolute Gasteiger partial charge is 0.322 e. The van der Waals surface area contributed by atoms with E-state index in [9.17, 15) is 4.79 Å². The molecule has 6 nitrogen and oxygen atoms in total. The lowest BCUT2D eigenvalue weighted by Gasteiger charge is -2.07. The minimum atomic E-state index is -0.168. The summed E-state index contributed by atoms with van der Waals surface area (Å²) in [4.78, 5) is 11.4. The maximum absolute atomic E-state index is 11.4. The molecule has 3 N–H and O–H groups in total. The maximum Gasteiger partial charge on any atom is 0.322 e. The number of nitrogens with two attached hydrogens (primary N) is 1. The molecule has 0 aromatic carbocycles. The summed E-state index contributed by atoms with van der Waals surface area (Å²) in [5.74, 6) is 0.773. The van der Waals surface area contributed by atoms with Crippen molar-refractivity contribution in [2.75, 3.05) is 5.32 Å². The third-order valence-electron chi connectivity index (χ3n) is 2.42. The fourth-order valence-electron chi connectivity index (χ4n) is 1.42. The second kappa shape index (κ2) is 3.98. The van der Waals surface area contributed by atoms with Crippen LogP contribution < -0.4 is 11.1 Å². The van der Waals surface area contributed by atoms with E-state index < -0.39 is 0 Å². The van der Waals surface area contributed by atoms with Crippen molar-refractivity contribution in [3.8, 4) is 0 Å². The third kappa shape index (κ3) is 2.76. The number of nitrogens with zero attached hydrogens (tertiary/aromatic N) is 2. The number of aromatic nitrogens is 2. The number of carbonyl (C=O) groups excluding carboxylic acids is 1. The topological polar surface area (TPSA) is 94.0 Å². The van der Waals surface area contributed by atoms with Crippen LogP contribution in [-0.4, -0.2) is 22.1 Å². The molecule has 0 radical (unpaired) electrons. The van der Waals surface area contributed by atoms with Gasteiger partial charge in [-0.1, -0.05) is 5.10 Å². The van der Waals surface area contributed by atoms with Crippen LogP contribution in [0.4, 0.5) is 6.01 Å². The summed E-state index contributed by atoms with van der Waals surface area (Å²) in [7, 11) is 0. The van der Waals surface area contributed by atoms with Gasteiger partial charge in [-0.15, -0.1) is 5.10 Å². The molecule has 1 aromatic rings. The predicted octanol–water partition coefficient (Wildman–Crippen LogP) is 0.444. The van der Waals surface area contributed by atoms with Gasteiger partial charge in [0.25, 0.3) is 0 Å². The Hall–Kier alpha value is -1.43. The van der Waals surface area contributed by atoms with E-state index in [0.717, 1.165) is 12.8 Å². The molecule has 1 aromatic heterocycles. The van der Waals surface area contributed by atoms with E-state index in [1.807, 2.05) is 0 Å². The van der Waals surface area contributed by atoms with Crippen LogP contribution in [0.15, 0.2) is 4.42 Å². The first-order valence-corrected chi connectivity index (χ1v) is 5.00. The van der Waals surface area contributed by atoms with Crippen LogP contribution in [0.3, 0.4) is 0 Å². The Bertz CT molecular complexity index is 359. The van der Waals surface area contributed by atoms with Gasteiger partial charge in [0.15, 0.2) is 0 Å². The van der Waals surface area contributed by atoms with Crippen LogP contribution in [0.1, 0.15) is 25.2 Å². The van der Waals surface area contributed by atoms with Gasteiger partial charge in [-0.25, -0.2) is 0 Å². The van der Waals surface area contributed by atoms with E-state index in [1.165, 1.54) is 0 Å². The molecule has 1 aliphatic carbocycles. The zero-order chi connectivity index (χ0) is 10.8. The predicted molar refractivity (Wildman–Crippen MR) is 53.0 cm³/mol. The number of carbonyl (C=O) groups is 1. The Labute approximate surface area is 87.2 Å². The minimum absolute atomic E-state index is 0.0472. The van der Waals surface area contributed by atoms with Gasteiger partial charge in [0.1, 0.15) is 0 Å². The van der Waals surface area contributed by atoms with Crippen molar-refractivity contribution < 1.29 is 9.21 Å². The summed E-state index contributed by atoms with van der Waals surface area (Å²) in [6.07, 6.45) is 2.58. The van der Waals surface area contributed by atoms with Crippen molar-refractivity contribution in [1.82, 2.24) is 10.2 Å². The van der Waals surface area contributed by atoms with Gasteiger partial charge >= 0.3 is 6.01 Å². The molecule has 1 aliphatic rings. The number of aryl methyl sites for hydroxylation is 1. The summed E-state index contributed by atoms with van der Waals surface area (Å²) < 4.78 is 5.02. The van der Waals surface area contributed by atoms with Crippen LogP contribution >= 0.6 is 0 Å². The van der Waals surface area contributed by atoms with Crippen LogP contribution in [0.25, 0.3) is 0 Å². The molecular formula is C9H14N4O2. The second-order valence-corrected chi connectivity index (χ2v) is 3.88. The minimum Gasteiger partial charge on any atom is -0.408 e. The van der Waals surface area contributed by atoms with E-state index in [2.05, 4.69) is 15.5 Å². The number of hydrogen-bond acceptors (Lipinski definition) is 5. The molecule has 15 heavy (non-hydrogen) atoms. The zero-order valence-corrected chi connectivity index (χ0v) is 8.56. The lowest BCUT2D eigenvalue weighted by Crippen LogP contribution is -2.28. The molecule has 1 saturated carbocycles. The summed E-state index contributed by atoms with van der Waals surface area (Å²) in [5.41, 5.74) is 5.81. The Kier molecular flexibility index (Phi) is 2.68. The highest BCUT2D eigenvalue weighted by molar-refractivity contribution is 5.88. The quantitative estimate of drug-likeness (QED) is 0.752. The monoisotopic (exact) mass is 210 g/mol. The normalized spacial score (nSPS) is 17.5. The maximum atomic E-state index is 11.4. The third-order valence-corrected chi connectivity index (χ3v) is 2.42.